The van der Waals surface area contributed by atoms with Crippen LogP contribution >= 0.6 is 11.3 Å². The third-order valence-corrected chi connectivity index (χ3v) is 5.39. The standard InChI is InChI=1S/C19H18N2OS/c22-19(21-12-9-15-6-1-2-7-16(15)21)14-17(18-8-5-13-23-18)20-10-3-4-11-20/h1-8,10-11,13,17H,9,12,14H2. The molecule has 0 spiro atoms. The van der Waals surface area contributed by atoms with Crippen molar-refractivity contribution in [3.63, 3.8) is 0 Å². The van der Waals surface area contributed by atoms with Gasteiger partial charge in [0.2, 0.25) is 5.91 Å². The van der Waals surface area contributed by atoms with Crippen LogP contribution in [0.15, 0.2) is 66.3 Å². The van der Waals surface area contributed by atoms with Gasteiger partial charge in [0.25, 0.3) is 0 Å². The predicted octanol–water partition coefficient (Wildman–Crippen LogP) is 4.12. The molecule has 2 aromatic heterocycles. The summed E-state index contributed by atoms with van der Waals surface area (Å²) >= 11 is 1.71. The summed E-state index contributed by atoms with van der Waals surface area (Å²) in [5.74, 6) is 0.196. The van der Waals surface area contributed by atoms with Gasteiger partial charge in [-0.15, -0.1) is 11.3 Å². The van der Waals surface area contributed by atoms with Crippen molar-refractivity contribution in [2.75, 3.05) is 11.4 Å². The summed E-state index contributed by atoms with van der Waals surface area (Å²) in [5.41, 5.74) is 2.35. The number of thiophene rings is 1. The molecule has 3 aromatic rings. The SMILES string of the molecule is O=C(CC(c1cccs1)n1cccc1)N1CCc2ccccc21. The molecule has 1 unspecified atom stereocenters. The number of rotatable bonds is 4. The zero-order valence-electron chi connectivity index (χ0n) is 12.8. The van der Waals surface area contributed by atoms with E-state index in [-0.39, 0.29) is 11.9 Å². The van der Waals surface area contributed by atoms with Crippen LogP contribution in [-0.4, -0.2) is 17.0 Å². The summed E-state index contributed by atoms with van der Waals surface area (Å²) in [6, 6.07) is 16.5. The van der Waals surface area contributed by atoms with Crippen LogP contribution in [0.25, 0.3) is 0 Å². The molecule has 4 heteroatoms. The molecule has 0 saturated carbocycles. The van der Waals surface area contributed by atoms with Crippen molar-refractivity contribution in [2.24, 2.45) is 0 Å². The number of amides is 1. The Bertz CT molecular complexity index is 758. The number of carbonyl (C=O) groups is 1. The van der Waals surface area contributed by atoms with Crippen LogP contribution in [0.2, 0.25) is 0 Å². The highest BCUT2D eigenvalue weighted by Gasteiger charge is 2.27. The van der Waals surface area contributed by atoms with E-state index in [1.165, 1.54) is 10.4 Å². The molecule has 1 aliphatic heterocycles. The summed E-state index contributed by atoms with van der Waals surface area (Å²) < 4.78 is 2.13. The van der Waals surface area contributed by atoms with Crippen molar-refractivity contribution < 1.29 is 4.79 Å². The van der Waals surface area contributed by atoms with Crippen LogP contribution in [0.3, 0.4) is 0 Å². The zero-order valence-corrected chi connectivity index (χ0v) is 13.6. The summed E-state index contributed by atoms with van der Waals surface area (Å²) in [7, 11) is 0. The Hall–Kier alpha value is -2.33. The molecule has 0 aliphatic carbocycles. The van der Waals surface area contributed by atoms with Crippen molar-refractivity contribution in [2.45, 2.75) is 18.9 Å². The quantitative estimate of drug-likeness (QED) is 0.709. The molecule has 1 atom stereocenters. The number of anilines is 1. The van der Waals surface area contributed by atoms with Crippen molar-refractivity contribution >= 4 is 22.9 Å². The molecule has 1 aliphatic rings. The van der Waals surface area contributed by atoms with Gasteiger partial charge < -0.3 is 9.47 Å². The lowest BCUT2D eigenvalue weighted by atomic mass is 10.1. The summed E-state index contributed by atoms with van der Waals surface area (Å²) in [6.45, 7) is 0.793. The Balaban J connectivity index is 1.59. The van der Waals surface area contributed by atoms with Crippen molar-refractivity contribution in [3.8, 4) is 0 Å². The van der Waals surface area contributed by atoms with Crippen LogP contribution in [0.4, 0.5) is 5.69 Å². The second kappa shape index (κ2) is 6.05. The lowest BCUT2D eigenvalue weighted by Crippen LogP contribution is -2.31. The van der Waals surface area contributed by atoms with Gasteiger partial charge in [-0.2, -0.15) is 0 Å². The van der Waals surface area contributed by atoms with E-state index in [2.05, 4.69) is 28.1 Å². The maximum Gasteiger partial charge on any atom is 0.229 e. The van der Waals surface area contributed by atoms with Gasteiger partial charge >= 0.3 is 0 Å². The number of fused-ring (bicyclic) bond motifs is 1. The summed E-state index contributed by atoms with van der Waals surface area (Å²) in [4.78, 5) is 16.1. The minimum Gasteiger partial charge on any atom is -0.346 e. The molecule has 116 valence electrons. The van der Waals surface area contributed by atoms with E-state index < -0.39 is 0 Å². The van der Waals surface area contributed by atoms with E-state index in [1.54, 1.807) is 11.3 Å². The molecule has 3 nitrogen and oxygen atoms in total. The Morgan fingerprint density at radius 2 is 1.91 bits per heavy atom. The lowest BCUT2D eigenvalue weighted by Gasteiger charge is -2.22. The molecule has 3 heterocycles. The molecule has 4 rings (SSSR count). The van der Waals surface area contributed by atoms with Gasteiger partial charge in [0.15, 0.2) is 0 Å². The fourth-order valence-electron chi connectivity index (χ4n) is 3.26. The predicted molar refractivity (Wildman–Crippen MR) is 94.0 cm³/mol. The average molecular weight is 322 g/mol. The molecule has 1 amide bonds. The number of carbonyl (C=O) groups excluding carboxylic acids is 1. The molecule has 0 fully saturated rings. The molecular weight excluding hydrogens is 304 g/mol. The van der Waals surface area contributed by atoms with Gasteiger partial charge in [-0.3, -0.25) is 4.79 Å². The molecule has 0 radical (unpaired) electrons. The number of nitrogens with zero attached hydrogens (tertiary/aromatic N) is 2. The fraction of sp³-hybridized carbons (Fsp3) is 0.211. The highest BCUT2D eigenvalue weighted by molar-refractivity contribution is 7.10. The Labute approximate surface area is 139 Å². The molecule has 0 N–H and O–H groups in total. The van der Waals surface area contributed by atoms with Crippen LogP contribution in [0.1, 0.15) is 22.9 Å². The van der Waals surface area contributed by atoms with Crippen molar-refractivity contribution in [1.29, 1.82) is 0 Å². The van der Waals surface area contributed by atoms with E-state index in [0.717, 1.165) is 18.7 Å². The highest BCUT2D eigenvalue weighted by atomic mass is 32.1. The first-order chi connectivity index (χ1) is 11.3. The first-order valence-electron chi connectivity index (χ1n) is 7.87. The average Bonchev–Trinajstić information content (AvgIpc) is 3.33. The molecule has 0 bridgehead atoms. The van der Waals surface area contributed by atoms with Gasteiger partial charge in [-0.1, -0.05) is 24.3 Å². The van der Waals surface area contributed by atoms with Gasteiger partial charge in [0, 0.05) is 29.5 Å². The summed E-state index contributed by atoms with van der Waals surface area (Å²) in [5, 5.41) is 2.07. The van der Waals surface area contributed by atoms with Crippen LogP contribution in [0, 0.1) is 0 Å². The van der Waals surface area contributed by atoms with Gasteiger partial charge in [0.05, 0.1) is 12.5 Å². The summed E-state index contributed by atoms with van der Waals surface area (Å²) in [6.07, 6.45) is 5.52. The van der Waals surface area contributed by atoms with E-state index in [9.17, 15) is 4.79 Å². The van der Waals surface area contributed by atoms with Crippen LogP contribution < -0.4 is 4.90 Å². The molecular formula is C19H18N2OS. The lowest BCUT2D eigenvalue weighted by molar-refractivity contribution is -0.119. The molecule has 1 aromatic carbocycles. The number of para-hydroxylation sites is 1. The maximum atomic E-state index is 12.9. The fourth-order valence-corrected chi connectivity index (χ4v) is 4.10. The topological polar surface area (TPSA) is 25.2 Å². The van der Waals surface area contributed by atoms with E-state index in [1.807, 2.05) is 47.6 Å². The number of hydrogen-bond donors (Lipinski definition) is 0. The third kappa shape index (κ3) is 2.70. The molecule has 0 saturated heterocycles. The van der Waals surface area contributed by atoms with Gasteiger partial charge in [-0.25, -0.2) is 0 Å². The first kappa shape index (κ1) is 14.3. The van der Waals surface area contributed by atoms with Crippen LogP contribution in [0.5, 0.6) is 0 Å². The van der Waals surface area contributed by atoms with Crippen LogP contribution in [-0.2, 0) is 11.2 Å². The minimum absolute atomic E-state index is 0.0743. The second-order valence-corrected chi connectivity index (χ2v) is 6.77. The smallest absolute Gasteiger partial charge is 0.229 e. The zero-order chi connectivity index (χ0) is 15.6. The maximum absolute atomic E-state index is 12.9. The largest absolute Gasteiger partial charge is 0.346 e. The first-order valence-corrected chi connectivity index (χ1v) is 8.75. The highest BCUT2D eigenvalue weighted by Crippen LogP contribution is 2.32. The Morgan fingerprint density at radius 1 is 1.09 bits per heavy atom. The number of hydrogen-bond acceptors (Lipinski definition) is 2. The Morgan fingerprint density at radius 3 is 2.70 bits per heavy atom. The van der Waals surface area contributed by atoms with Gasteiger partial charge in [-0.05, 0) is 41.6 Å². The number of benzene rings is 1. The van der Waals surface area contributed by atoms with Crippen molar-refractivity contribution in [3.05, 3.63) is 76.7 Å². The van der Waals surface area contributed by atoms with E-state index >= 15 is 0 Å². The normalized spacial score (nSPS) is 14.7. The van der Waals surface area contributed by atoms with E-state index in [4.69, 9.17) is 0 Å². The number of aromatic nitrogens is 1. The van der Waals surface area contributed by atoms with Gasteiger partial charge in [0.1, 0.15) is 0 Å². The monoisotopic (exact) mass is 322 g/mol. The second-order valence-electron chi connectivity index (χ2n) is 5.79. The molecule has 23 heavy (non-hydrogen) atoms. The van der Waals surface area contributed by atoms with E-state index in [0.29, 0.717) is 6.42 Å². The van der Waals surface area contributed by atoms with Crippen molar-refractivity contribution in [1.82, 2.24) is 4.57 Å². The Kier molecular flexibility index (Phi) is 3.75. The minimum atomic E-state index is 0.0743. The third-order valence-electron chi connectivity index (χ3n) is 4.42.